The number of H-pyrrole nitrogens is 1. The summed E-state index contributed by atoms with van der Waals surface area (Å²) in [4.78, 5) is 58.2. The molecule has 38 heavy (non-hydrogen) atoms. The molecule has 8 nitrogen and oxygen atoms in total. The van der Waals surface area contributed by atoms with E-state index in [2.05, 4.69) is 10.3 Å². The van der Waals surface area contributed by atoms with Gasteiger partial charge in [-0.3, -0.25) is 19.2 Å². The molecule has 5 atom stereocenters. The minimum atomic E-state index is -0.690. The molecule has 1 aromatic carbocycles. The summed E-state index contributed by atoms with van der Waals surface area (Å²) in [7, 11) is 1.60. The number of hydrogen-bond donors (Lipinski definition) is 2. The van der Waals surface area contributed by atoms with Gasteiger partial charge in [0.1, 0.15) is 23.3 Å². The average molecular weight is 520 g/mol. The highest BCUT2D eigenvalue weighted by molar-refractivity contribution is 6.02. The standard InChI is InChI=1S/C30H37N3O5/c1-3-24(34)22(12-18-14-30(10-11-30)15-25(18)35)32-28(36)27-19-7-4-6-17(19)16-33(27)29(37)23-13-20-21(31-23)8-5-9-26(20)38-2/h5,8-9,13,17-19,22,27,31H,3-4,6-7,10-12,14-16H2,1-2H3,(H,32,36). The number of fused-ring (bicyclic) bond motifs is 2. The second kappa shape index (κ2) is 9.54. The first-order chi connectivity index (χ1) is 18.3. The van der Waals surface area contributed by atoms with Crippen LogP contribution >= 0.6 is 0 Å². The average Bonchev–Trinajstić information content (AvgIpc) is 3.28. The lowest BCUT2D eigenvalue weighted by Crippen LogP contribution is -2.53. The lowest BCUT2D eigenvalue weighted by atomic mass is 9.91. The number of carbonyl (C=O) groups is 4. The number of hydrogen-bond acceptors (Lipinski definition) is 5. The molecule has 0 radical (unpaired) electrons. The van der Waals surface area contributed by atoms with Crippen molar-refractivity contribution in [3.05, 3.63) is 30.0 Å². The molecule has 3 saturated carbocycles. The van der Waals surface area contributed by atoms with Crippen LogP contribution in [0.2, 0.25) is 0 Å². The van der Waals surface area contributed by atoms with Crippen LogP contribution < -0.4 is 10.1 Å². The zero-order valence-electron chi connectivity index (χ0n) is 22.3. The SMILES string of the molecule is CCC(=O)C(CC1CC2(CC2)CC1=O)NC(=O)C1C2CCCC2CN1C(=O)c1cc2c(OC)cccc2[nH]1. The number of amides is 2. The lowest BCUT2D eigenvalue weighted by Gasteiger charge is -2.29. The number of rotatable bonds is 8. The molecule has 0 bridgehead atoms. The second-order valence-electron chi connectivity index (χ2n) is 12.0. The number of likely N-dealkylation sites (tertiary alicyclic amines) is 1. The van der Waals surface area contributed by atoms with Gasteiger partial charge in [0.2, 0.25) is 5.91 Å². The fourth-order valence-corrected chi connectivity index (χ4v) is 7.48. The lowest BCUT2D eigenvalue weighted by molar-refractivity contribution is -0.131. The first-order valence-electron chi connectivity index (χ1n) is 14.1. The van der Waals surface area contributed by atoms with Crippen LogP contribution in [0.3, 0.4) is 0 Å². The minimum Gasteiger partial charge on any atom is -0.496 e. The maximum atomic E-state index is 13.9. The van der Waals surface area contributed by atoms with Gasteiger partial charge in [-0.15, -0.1) is 0 Å². The molecule has 2 aromatic rings. The molecule has 202 valence electrons. The number of nitrogens with zero attached hydrogens (tertiary/aromatic N) is 1. The summed E-state index contributed by atoms with van der Waals surface area (Å²) in [6.45, 7) is 2.33. The van der Waals surface area contributed by atoms with E-state index in [4.69, 9.17) is 4.74 Å². The van der Waals surface area contributed by atoms with E-state index in [-0.39, 0.29) is 46.5 Å². The van der Waals surface area contributed by atoms with Crippen molar-refractivity contribution in [1.82, 2.24) is 15.2 Å². The molecule has 6 rings (SSSR count). The molecule has 3 aliphatic carbocycles. The van der Waals surface area contributed by atoms with Crippen LogP contribution in [0.1, 0.15) is 75.2 Å². The number of methoxy groups -OCH3 is 1. The molecule has 1 aromatic heterocycles. The second-order valence-corrected chi connectivity index (χ2v) is 12.0. The molecule has 1 spiro atoms. The summed E-state index contributed by atoms with van der Waals surface area (Å²) in [5, 5.41) is 3.86. The Morgan fingerprint density at radius 1 is 1.24 bits per heavy atom. The van der Waals surface area contributed by atoms with E-state index in [1.165, 1.54) is 0 Å². The van der Waals surface area contributed by atoms with Crippen molar-refractivity contribution in [1.29, 1.82) is 0 Å². The van der Waals surface area contributed by atoms with Crippen LogP contribution in [-0.4, -0.2) is 59.0 Å². The van der Waals surface area contributed by atoms with Gasteiger partial charge in [0, 0.05) is 36.2 Å². The highest BCUT2D eigenvalue weighted by Gasteiger charge is 2.53. The Kier molecular flexibility index (Phi) is 6.31. The number of carbonyl (C=O) groups excluding carboxylic acids is 4. The van der Waals surface area contributed by atoms with Gasteiger partial charge in [-0.2, -0.15) is 0 Å². The molecule has 5 unspecified atom stereocenters. The van der Waals surface area contributed by atoms with Gasteiger partial charge in [-0.1, -0.05) is 19.4 Å². The maximum absolute atomic E-state index is 13.9. The first kappa shape index (κ1) is 25.1. The number of ketones is 2. The molecule has 8 heteroatoms. The fraction of sp³-hybridized carbons (Fsp3) is 0.600. The van der Waals surface area contributed by atoms with Gasteiger partial charge in [-0.25, -0.2) is 0 Å². The third kappa shape index (κ3) is 4.31. The molecule has 1 saturated heterocycles. The smallest absolute Gasteiger partial charge is 0.271 e. The molecule has 2 N–H and O–H groups in total. The Hall–Kier alpha value is -3.16. The fourth-order valence-electron chi connectivity index (χ4n) is 7.48. The van der Waals surface area contributed by atoms with E-state index in [1.807, 2.05) is 18.2 Å². The van der Waals surface area contributed by atoms with Crippen molar-refractivity contribution >= 4 is 34.3 Å². The van der Waals surface area contributed by atoms with Crippen molar-refractivity contribution in [3.8, 4) is 5.75 Å². The Morgan fingerprint density at radius 2 is 2.05 bits per heavy atom. The summed E-state index contributed by atoms with van der Waals surface area (Å²) in [5.41, 5.74) is 1.39. The molecule has 4 aliphatic rings. The van der Waals surface area contributed by atoms with Crippen molar-refractivity contribution < 1.29 is 23.9 Å². The van der Waals surface area contributed by atoms with E-state index >= 15 is 0 Å². The van der Waals surface area contributed by atoms with E-state index < -0.39 is 12.1 Å². The van der Waals surface area contributed by atoms with Gasteiger partial charge in [0.15, 0.2) is 5.78 Å². The topological polar surface area (TPSA) is 109 Å². The quantitative estimate of drug-likeness (QED) is 0.547. The predicted molar refractivity (Wildman–Crippen MR) is 142 cm³/mol. The molecule has 1 aliphatic heterocycles. The van der Waals surface area contributed by atoms with Gasteiger partial charge >= 0.3 is 0 Å². The first-order valence-corrected chi connectivity index (χ1v) is 14.1. The Balaban J connectivity index is 1.23. The monoisotopic (exact) mass is 519 g/mol. The zero-order valence-corrected chi connectivity index (χ0v) is 22.3. The van der Waals surface area contributed by atoms with Crippen molar-refractivity contribution in [2.45, 2.75) is 76.8 Å². The molecular formula is C30H37N3O5. The number of aromatic amines is 1. The van der Waals surface area contributed by atoms with Gasteiger partial charge in [0.05, 0.1) is 13.2 Å². The Bertz CT molecular complexity index is 1290. The Morgan fingerprint density at radius 3 is 2.76 bits per heavy atom. The number of benzene rings is 1. The van der Waals surface area contributed by atoms with E-state index in [0.29, 0.717) is 37.3 Å². The molecule has 2 heterocycles. The van der Waals surface area contributed by atoms with Crippen LogP contribution in [0.15, 0.2) is 24.3 Å². The van der Waals surface area contributed by atoms with E-state index in [0.717, 1.165) is 49.4 Å². The highest BCUT2D eigenvalue weighted by Crippen LogP contribution is 2.59. The van der Waals surface area contributed by atoms with Crippen molar-refractivity contribution in [2.24, 2.45) is 23.2 Å². The predicted octanol–water partition coefficient (Wildman–Crippen LogP) is 4.03. The molecule has 4 fully saturated rings. The van der Waals surface area contributed by atoms with Crippen LogP contribution in [-0.2, 0) is 14.4 Å². The van der Waals surface area contributed by atoms with Crippen LogP contribution in [0.25, 0.3) is 10.9 Å². The molecular weight excluding hydrogens is 482 g/mol. The van der Waals surface area contributed by atoms with Crippen LogP contribution in [0.5, 0.6) is 5.75 Å². The van der Waals surface area contributed by atoms with Crippen LogP contribution in [0, 0.1) is 23.2 Å². The highest BCUT2D eigenvalue weighted by atomic mass is 16.5. The van der Waals surface area contributed by atoms with Crippen LogP contribution in [0.4, 0.5) is 0 Å². The summed E-state index contributed by atoms with van der Waals surface area (Å²) in [5.74, 6) is 0.578. The largest absolute Gasteiger partial charge is 0.496 e. The van der Waals surface area contributed by atoms with E-state index in [9.17, 15) is 19.2 Å². The zero-order chi connectivity index (χ0) is 26.6. The Labute approximate surface area is 222 Å². The van der Waals surface area contributed by atoms with Crippen molar-refractivity contribution in [2.75, 3.05) is 13.7 Å². The summed E-state index contributed by atoms with van der Waals surface area (Å²) >= 11 is 0. The van der Waals surface area contributed by atoms with Gasteiger partial charge in [-0.05, 0) is 74.0 Å². The van der Waals surface area contributed by atoms with Gasteiger partial charge < -0.3 is 19.9 Å². The minimum absolute atomic E-state index is 0.0514. The molecule has 2 amide bonds. The van der Waals surface area contributed by atoms with E-state index in [1.54, 1.807) is 25.0 Å². The summed E-state index contributed by atoms with van der Waals surface area (Å²) in [6.07, 6.45) is 7.23. The number of nitrogens with one attached hydrogen (secondary N) is 2. The normalized spacial score (nSPS) is 28.1. The number of ether oxygens (including phenoxy) is 1. The van der Waals surface area contributed by atoms with Crippen molar-refractivity contribution in [3.63, 3.8) is 0 Å². The third-order valence-corrected chi connectivity index (χ3v) is 9.71. The summed E-state index contributed by atoms with van der Waals surface area (Å²) < 4.78 is 5.46. The maximum Gasteiger partial charge on any atom is 0.271 e. The summed E-state index contributed by atoms with van der Waals surface area (Å²) in [6, 6.07) is 6.10. The van der Waals surface area contributed by atoms with Gasteiger partial charge in [0.25, 0.3) is 5.91 Å². The number of aromatic nitrogens is 1. The third-order valence-electron chi connectivity index (χ3n) is 9.71. The number of Topliss-reactive ketones (excluding diaryl/α,β-unsaturated/α-hetero) is 2.